The van der Waals surface area contributed by atoms with E-state index < -0.39 is 12.0 Å². The van der Waals surface area contributed by atoms with Gasteiger partial charge < -0.3 is 14.0 Å². The van der Waals surface area contributed by atoms with Crippen LogP contribution in [-0.2, 0) is 9.53 Å². The van der Waals surface area contributed by atoms with Crippen LogP contribution < -0.4 is 4.74 Å². The normalized spacial score (nSPS) is 11.7. The number of hydrogen-bond acceptors (Lipinski definition) is 4. The third kappa shape index (κ3) is 2.56. The molecule has 1 atom stereocenters. The fraction of sp³-hybridized carbons (Fsp3) is 0.200. The first-order valence-electron chi connectivity index (χ1n) is 6.06. The van der Waals surface area contributed by atoms with E-state index in [-0.39, 0.29) is 0 Å². The second-order valence-corrected chi connectivity index (χ2v) is 4.17. The number of para-hydroxylation sites is 1. The summed E-state index contributed by atoms with van der Waals surface area (Å²) in [5.41, 5.74) is 1.14. The number of aromatic nitrogens is 2. The van der Waals surface area contributed by atoms with Crippen LogP contribution in [0.1, 0.15) is 11.6 Å². The lowest BCUT2D eigenvalue weighted by Crippen LogP contribution is -2.19. The van der Waals surface area contributed by atoms with Crippen LogP contribution in [0.4, 0.5) is 0 Å². The van der Waals surface area contributed by atoms with Gasteiger partial charge in [0, 0.05) is 18.0 Å². The standard InChI is InChI=1S/C15H16N2O3/c1-11(15(18)20-3)14(17-9-8-16-10-17)12-6-4-5-7-13(12)19-2/h4-10,14H,1H2,2-3H3. The zero-order valence-electron chi connectivity index (χ0n) is 11.4. The van der Waals surface area contributed by atoms with Gasteiger partial charge in [-0.25, -0.2) is 9.78 Å². The molecule has 0 saturated heterocycles. The number of methoxy groups -OCH3 is 2. The molecule has 1 aromatic heterocycles. The van der Waals surface area contributed by atoms with Gasteiger partial charge in [-0.15, -0.1) is 0 Å². The summed E-state index contributed by atoms with van der Waals surface area (Å²) in [6, 6.07) is 7.06. The van der Waals surface area contributed by atoms with Crippen molar-refractivity contribution in [3.05, 3.63) is 60.7 Å². The maximum Gasteiger partial charge on any atom is 0.335 e. The van der Waals surface area contributed by atoms with Crippen molar-refractivity contribution in [1.29, 1.82) is 0 Å². The van der Waals surface area contributed by atoms with Gasteiger partial charge in [0.1, 0.15) is 5.75 Å². The van der Waals surface area contributed by atoms with E-state index in [0.29, 0.717) is 11.3 Å². The van der Waals surface area contributed by atoms with E-state index >= 15 is 0 Å². The van der Waals surface area contributed by atoms with Crippen molar-refractivity contribution in [2.45, 2.75) is 6.04 Å². The predicted octanol–water partition coefficient (Wildman–Crippen LogP) is 2.21. The van der Waals surface area contributed by atoms with Gasteiger partial charge in [0.05, 0.1) is 32.2 Å². The maximum absolute atomic E-state index is 11.8. The van der Waals surface area contributed by atoms with Crippen molar-refractivity contribution in [2.75, 3.05) is 14.2 Å². The highest BCUT2D eigenvalue weighted by molar-refractivity contribution is 5.89. The Labute approximate surface area is 117 Å². The van der Waals surface area contributed by atoms with Gasteiger partial charge in [-0.3, -0.25) is 0 Å². The topological polar surface area (TPSA) is 53.4 Å². The molecular weight excluding hydrogens is 256 g/mol. The highest BCUT2D eigenvalue weighted by Gasteiger charge is 2.25. The van der Waals surface area contributed by atoms with E-state index in [1.165, 1.54) is 7.11 Å². The molecular formula is C15H16N2O3. The molecule has 0 bridgehead atoms. The maximum atomic E-state index is 11.8. The summed E-state index contributed by atoms with van der Waals surface area (Å²) in [5.74, 6) is 0.214. The van der Waals surface area contributed by atoms with Crippen LogP contribution in [0.25, 0.3) is 0 Å². The minimum atomic E-state index is -0.463. The number of rotatable bonds is 5. The Morgan fingerprint density at radius 2 is 2.10 bits per heavy atom. The first-order chi connectivity index (χ1) is 9.69. The molecule has 1 unspecified atom stereocenters. The molecule has 0 aliphatic heterocycles. The Balaban J connectivity index is 2.52. The molecule has 0 aliphatic carbocycles. The lowest BCUT2D eigenvalue weighted by atomic mass is 9.98. The number of hydrogen-bond donors (Lipinski definition) is 0. The highest BCUT2D eigenvalue weighted by Crippen LogP contribution is 2.32. The average Bonchev–Trinajstić information content (AvgIpc) is 3.01. The molecule has 1 heterocycles. The molecule has 0 amide bonds. The van der Waals surface area contributed by atoms with Crippen molar-refractivity contribution < 1.29 is 14.3 Å². The molecule has 0 spiro atoms. The fourth-order valence-electron chi connectivity index (χ4n) is 2.09. The minimum Gasteiger partial charge on any atom is -0.496 e. The van der Waals surface area contributed by atoms with Crippen LogP contribution in [0.5, 0.6) is 5.75 Å². The van der Waals surface area contributed by atoms with Gasteiger partial charge in [-0.2, -0.15) is 0 Å². The zero-order valence-corrected chi connectivity index (χ0v) is 11.4. The Morgan fingerprint density at radius 1 is 1.35 bits per heavy atom. The number of benzene rings is 1. The van der Waals surface area contributed by atoms with Crippen LogP contribution >= 0.6 is 0 Å². The van der Waals surface area contributed by atoms with E-state index in [2.05, 4.69) is 11.6 Å². The Hall–Kier alpha value is -2.56. The number of ether oxygens (including phenoxy) is 2. The Kier molecular flexibility index (Phi) is 4.20. The van der Waals surface area contributed by atoms with Crippen LogP contribution in [0.3, 0.4) is 0 Å². The molecule has 20 heavy (non-hydrogen) atoms. The smallest absolute Gasteiger partial charge is 0.335 e. The molecule has 0 radical (unpaired) electrons. The number of carbonyl (C=O) groups excluding carboxylic acids is 1. The van der Waals surface area contributed by atoms with E-state index in [9.17, 15) is 4.79 Å². The van der Waals surface area contributed by atoms with Crippen LogP contribution in [0, 0.1) is 0 Å². The zero-order chi connectivity index (χ0) is 14.5. The monoisotopic (exact) mass is 272 g/mol. The Bertz CT molecular complexity index is 605. The van der Waals surface area contributed by atoms with Gasteiger partial charge in [-0.1, -0.05) is 24.8 Å². The van der Waals surface area contributed by atoms with Crippen molar-refractivity contribution in [3.63, 3.8) is 0 Å². The lowest BCUT2D eigenvalue weighted by Gasteiger charge is -2.22. The van der Waals surface area contributed by atoms with Gasteiger partial charge >= 0.3 is 5.97 Å². The van der Waals surface area contributed by atoms with Gasteiger partial charge in [0.25, 0.3) is 0 Å². The largest absolute Gasteiger partial charge is 0.496 e. The second-order valence-electron chi connectivity index (χ2n) is 4.17. The summed E-state index contributed by atoms with van der Waals surface area (Å²) in [4.78, 5) is 15.8. The summed E-state index contributed by atoms with van der Waals surface area (Å²) in [6.45, 7) is 3.85. The van der Waals surface area contributed by atoms with Crippen molar-refractivity contribution in [1.82, 2.24) is 9.55 Å². The molecule has 1 aromatic carbocycles. The van der Waals surface area contributed by atoms with Crippen LogP contribution in [0.15, 0.2) is 55.1 Å². The molecule has 2 aromatic rings. The average molecular weight is 272 g/mol. The predicted molar refractivity (Wildman–Crippen MR) is 74.5 cm³/mol. The molecule has 0 aliphatic rings. The lowest BCUT2D eigenvalue weighted by molar-refractivity contribution is -0.136. The molecule has 5 heteroatoms. The van der Waals surface area contributed by atoms with Crippen LogP contribution in [-0.4, -0.2) is 29.7 Å². The van der Waals surface area contributed by atoms with E-state index in [4.69, 9.17) is 9.47 Å². The summed E-state index contributed by atoms with van der Waals surface area (Å²) < 4.78 is 11.9. The third-order valence-electron chi connectivity index (χ3n) is 3.03. The molecule has 104 valence electrons. The highest BCUT2D eigenvalue weighted by atomic mass is 16.5. The first-order valence-corrected chi connectivity index (χ1v) is 6.06. The van der Waals surface area contributed by atoms with E-state index in [0.717, 1.165) is 5.56 Å². The SMILES string of the molecule is C=C(C(=O)OC)C(c1ccccc1OC)n1ccnc1. The second kappa shape index (κ2) is 6.06. The van der Waals surface area contributed by atoms with Crippen molar-refractivity contribution >= 4 is 5.97 Å². The fourth-order valence-corrected chi connectivity index (χ4v) is 2.09. The Morgan fingerprint density at radius 3 is 2.70 bits per heavy atom. The summed E-state index contributed by atoms with van der Waals surface area (Å²) >= 11 is 0. The van der Waals surface area contributed by atoms with E-state index in [1.807, 2.05) is 24.3 Å². The number of imidazole rings is 1. The molecule has 0 fully saturated rings. The molecule has 0 N–H and O–H groups in total. The van der Waals surface area contributed by atoms with E-state index in [1.54, 1.807) is 30.4 Å². The summed E-state index contributed by atoms with van der Waals surface area (Å²) in [7, 11) is 2.92. The van der Waals surface area contributed by atoms with Gasteiger partial charge in [0.2, 0.25) is 0 Å². The van der Waals surface area contributed by atoms with Crippen molar-refractivity contribution in [2.24, 2.45) is 0 Å². The van der Waals surface area contributed by atoms with Gasteiger partial charge in [-0.05, 0) is 6.07 Å². The molecule has 5 nitrogen and oxygen atoms in total. The first kappa shape index (κ1) is 13.9. The minimum absolute atomic E-state index is 0.315. The summed E-state index contributed by atoms with van der Waals surface area (Å²) in [5, 5.41) is 0. The molecule has 2 rings (SSSR count). The third-order valence-corrected chi connectivity index (χ3v) is 3.03. The van der Waals surface area contributed by atoms with Crippen LogP contribution in [0.2, 0.25) is 0 Å². The number of esters is 1. The van der Waals surface area contributed by atoms with Crippen molar-refractivity contribution in [3.8, 4) is 5.75 Å². The quantitative estimate of drug-likeness (QED) is 0.618. The summed E-state index contributed by atoms with van der Waals surface area (Å²) in [6.07, 6.45) is 5.05. The van der Waals surface area contributed by atoms with Gasteiger partial charge in [0.15, 0.2) is 0 Å². The molecule has 0 saturated carbocycles. The number of carbonyl (C=O) groups is 1. The number of nitrogens with zero attached hydrogens (tertiary/aromatic N) is 2.